The molecule has 234 valence electrons. The zero-order valence-electron chi connectivity index (χ0n) is 24.5. The number of likely N-dealkylation sites (tertiary alicyclic amines) is 2. The molecule has 0 bridgehead atoms. The van der Waals surface area contributed by atoms with Crippen molar-refractivity contribution in [2.75, 3.05) is 32.7 Å². The van der Waals surface area contributed by atoms with Crippen LogP contribution in [0.2, 0.25) is 0 Å². The van der Waals surface area contributed by atoms with Crippen LogP contribution < -0.4 is 5.32 Å². The summed E-state index contributed by atoms with van der Waals surface area (Å²) < 4.78 is 43.9. The molecular formula is C33H42F3N3O4. The maximum Gasteiger partial charge on any atom is 0.416 e. The molecule has 3 unspecified atom stereocenters. The molecule has 3 aliphatic rings. The summed E-state index contributed by atoms with van der Waals surface area (Å²) in [5, 5.41) is 12.9. The lowest BCUT2D eigenvalue weighted by atomic mass is 9.83. The number of halogens is 3. The predicted molar refractivity (Wildman–Crippen MR) is 156 cm³/mol. The lowest BCUT2D eigenvalue weighted by molar-refractivity contribution is -0.145. The van der Waals surface area contributed by atoms with E-state index in [1.807, 2.05) is 6.07 Å². The van der Waals surface area contributed by atoms with Crippen molar-refractivity contribution < 1.29 is 32.6 Å². The van der Waals surface area contributed by atoms with Gasteiger partial charge in [0, 0.05) is 45.2 Å². The summed E-state index contributed by atoms with van der Waals surface area (Å²) in [4.78, 5) is 29.5. The van der Waals surface area contributed by atoms with E-state index in [0.29, 0.717) is 24.3 Å². The number of carbonyl (C=O) groups is 2. The highest BCUT2D eigenvalue weighted by molar-refractivity contribution is 5.74. The normalized spacial score (nSPS) is 23.6. The van der Waals surface area contributed by atoms with Gasteiger partial charge >= 0.3 is 18.2 Å². The summed E-state index contributed by atoms with van der Waals surface area (Å²) >= 11 is 0. The van der Waals surface area contributed by atoms with Crippen LogP contribution in [0.25, 0.3) is 0 Å². The topological polar surface area (TPSA) is 82.1 Å². The van der Waals surface area contributed by atoms with Crippen molar-refractivity contribution in [2.24, 2.45) is 11.8 Å². The van der Waals surface area contributed by atoms with Crippen molar-refractivity contribution in [3.8, 4) is 0 Å². The number of alkyl halides is 3. The number of carbonyl (C=O) groups excluding carboxylic acids is 1. The summed E-state index contributed by atoms with van der Waals surface area (Å²) in [5.41, 5.74) is 1.09. The number of nitrogens with zero attached hydrogens (tertiary/aromatic N) is 2. The molecule has 1 amide bonds. The number of hydrogen-bond acceptors (Lipinski definition) is 5. The van der Waals surface area contributed by atoms with Crippen LogP contribution in [0, 0.1) is 11.8 Å². The minimum absolute atomic E-state index is 0.0903. The number of benzene rings is 2. The van der Waals surface area contributed by atoms with Crippen LogP contribution in [0.5, 0.6) is 0 Å². The van der Waals surface area contributed by atoms with E-state index in [4.69, 9.17) is 4.74 Å². The standard InChI is InChI=1S/C33H42F3N3O4/c34-33(35,36)27-13-11-23(12-14-27)19-37-32(42)43-28-15-17-38(18-16-28)20-26-21-39(22-29(26)24-7-3-1-4-8-24)30(31(40)41)25-9-5-2-6-10-25/h1,3-4,7-8,11-14,25-26,28-30H,2,5-6,9-10,15-22H2,(H,37,42)(H,40,41). The largest absolute Gasteiger partial charge is 0.480 e. The monoisotopic (exact) mass is 601 g/mol. The molecule has 1 aliphatic carbocycles. The molecule has 5 rings (SSSR count). The lowest BCUT2D eigenvalue weighted by Gasteiger charge is -2.35. The van der Waals surface area contributed by atoms with Crippen LogP contribution in [0.3, 0.4) is 0 Å². The van der Waals surface area contributed by atoms with E-state index >= 15 is 0 Å². The van der Waals surface area contributed by atoms with E-state index in [-0.39, 0.29) is 24.5 Å². The highest BCUT2D eigenvalue weighted by atomic mass is 19.4. The van der Waals surface area contributed by atoms with Gasteiger partial charge in [-0.2, -0.15) is 13.2 Å². The zero-order valence-corrected chi connectivity index (χ0v) is 24.5. The molecule has 7 nitrogen and oxygen atoms in total. The number of nitrogens with one attached hydrogen (secondary N) is 1. The fourth-order valence-electron chi connectivity index (χ4n) is 7.22. The van der Waals surface area contributed by atoms with Gasteiger partial charge in [0.25, 0.3) is 0 Å². The Morgan fingerprint density at radius 3 is 2.23 bits per heavy atom. The van der Waals surface area contributed by atoms with Crippen LogP contribution in [0.15, 0.2) is 54.6 Å². The molecule has 3 atom stereocenters. The van der Waals surface area contributed by atoms with Gasteiger partial charge in [-0.15, -0.1) is 0 Å². The molecule has 1 saturated carbocycles. The number of ether oxygens (including phenoxy) is 1. The fourth-order valence-corrected chi connectivity index (χ4v) is 7.22. The van der Waals surface area contributed by atoms with Gasteiger partial charge in [0.2, 0.25) is 0 Å². The first kappa shape index (κ1) is 31.3. The van der Waals surface area contributed by atoms with E-state index in [2.05, 4.69) is 39.4 Å². The summed E-state index contributed by atoms with van der Waals surface area (Å²) in [6.07, 6.45) is 1.58. The molecule has 2 aliphatic heterocycles. The van der Waals surface area contributed by atoms with Crippen molar-refractivity contribution in [2.45, 2.75) is 75.7 Å². The minimum Gasteiger partial charge on any atom is -0.480 e. The number of rotatable bonds is 9. The molecule has 43 heavy (non-hydrogen) atoms. The summed E-state index contributed by atoms with van der Waals surface area (Å²) in [7, 11) is 0. The molecule has 10 heteroatoms. The van der Waals surface area contributed by atoms with Crippen molar-refractivity contribution in [1.82, 2.24) is 15.1 Å². The molecule has 2 aromatic rings. The average molecular weight is 602 g/mol. The summed E-state index contributed by atoms with van der Waals surface area (Å²) in [6.45, 7) is 4.02. The van der Waals surface area contributed by atoms with Crippen LogP contribution in [0.1, 0.15) is 67.6 Å². The Morgan fingerprint density at radius 1 is 0.930 bits per heavy atom. The quantitative estimate of drug-likeness (QED) is 0.359. The Kier molecular flexibility index (Phi) is 10.3. The third-order valence-corrected chi connectivity index (χ3v) is 9.46. The first-order valence-corrected chi connectivity index (χ1v) is 15.5. The van der Waals surface area contributed by atoms with Gasteiger partial charge in [0.1, 0.15) is 12.1 Å². The Hall–Kier alpha value is -3.11. The molecule has 3 fully saturated rings. The van der Waals surface area contributed by atoms with E-state index in [9.17, 15) is 27.9 Å². The smallest absolute Gasteiger partial charge is 0.416 e. The van der Waals surface area contributed by atoms with Crippen molar-refractivity contribution in [1.29, 1.82) is 0 Å². The minimum atomic E-state index is -4.39. The van der Waals surface area contributed by atoms with Crippen LogP contribution in [-0.2, 0) is 22.3 Å². The second kappa shape index (κ2) is 14.1. The number of aliphatic carboxylic acids is 1. The first-order valence-electron chi connectivity index (χ1n) is 15.5. The second-order valence-electron chi connectivity index (χ2n) is 12.4. The van der Waals surface area contributed by atoms with Gasteiger partial charge in [-0.25, -0.2) is 4.79 Å². The molecule has 2 heterocycles. The van der Waals surface area contributed by atoms with E-state index in [1.165, 1.54) is 24.1 Å². The second-order valence-corrected chi connectivity index (χ2v) is 12.4. The average Bonchev–Trinajstić information content (AvgIpc) is 3.40. The van der Waals surface area contributed by atoms with Crippen LogP contribution >= 0.6 is 0 Å². The number of hydrogen-bond donors (Lipinski definition) is 2. The molecule has 2 saturated heterocycles. The SMILES string of the molecule is O=C(NCc1ccc(C(F)(F)F)cc1)OC1CCN(CC2CN(C(C(=O)O)C3CCCCC3)CC2c2ccccc2)CC1. The van der Waals surface area contributed by atoms with Crippen molar-refractivity contribution in [3.05, 3.63) is 71.3 Å². The fraction of sp³-hybridized carbons (Fsp3) is 0.576. The molecule has 2 N–H and O–H groups in total. The van der Waals surface area contributed by atoms with E-state index < -0.39 is 29.8 Å². The first-order chi connectivity index (χ1) is 20.7. The Labute approximate surface area is 251 Å². The third-order valence-electron chi connectivity index (χ3n) is 9.46. The molecule has 2 aromatic carbocycles. The molecule has 0 aromatic heterocycles. The Morgan fingerprint density at radius 2 is 1.60 bits per heavy atom. The number of carboxylic acids is 1. The number of piperidine rings is 1. The highest BCUT2D eigenvalue weighted by Crippen LogP contribution is 2.38. The molecule has 0 spiro atoms. The lowest BCUT2D eigenvalue weighted by Crippen LogP contribution is -2.46. The van der Waals surface area contributed by atoms with E-state index in [1.54, 1.807) is 0 Å². The maximum absolute atomic E-state index is 12.8. The number of carboxylic acid groups (broad SMARTS) is 1. The number of alkyl carbamates (subject to hydrolysis) is 1. The van der Waals surface area contributed by atoms with E-state index in [0.717, 1.165) is 70.5 Å². The highest BCUT2D eigenvalue weighted by Gasteiger charge is 2.43. The van der Waals surface area contributed by atoms with Gasteiger partial charge in [-0.1, -0.05) is 61.7 Å². The molecule has 0 radical (unpaired) electrons. The van der Waals surface area contributed by atoms with Crippen molar-refractivity contribution >= 4 is 12.1 Å². The number of amides is 1. The zero-order chi connectivity index (χ0) is 30.4. The van der Waals surface area contributed by atoms with Crippen LogP contribution in [-0.4, -0.2) is 71.8 Å². The van der Waals surface area contributed by atoms with Gasteiger partial charge in [-0.3, -0.25) is 9.69 Å². The van der Waals surface area contributed by atoms with Gasteiger partial charge < -0.3 is 20.1 Å². The predicted octanol–water partition coefficient (Wildman–Crippen LogP) is 6.15. The summed E-state index contributed by atoms with van der Waals surface area (Å²) in [6, 6.07) is 14.7. The van der Waals surface area contributed by atoms with Gasteiger partial charge in [0.15, 0.2) is 0 Å². The van der Waals surface area contributed by atoms with Crippen molar-refractivity contribution in [3.63, 3.8) is 0 Å². The Bertz CT molecular complexity index is 1200. The van der Waals surface area contributed by atoms with Crippen LogP contribution in [0.4, 0.5) is 18.0 Å². The summed E-state index contributed by atoms with van der Waals surface area (Å²) in [5.74, 6) is 0.0718. The third kappa shape index (κ3) is 8.29. The van der Waals surface area contributed by atoms with Gasteiger partial charge in [-0.05, 0) is 60.8 Å². The van der Waals surface area contributed by atoms with Gasteiger partial charge in [0.05, 0.1) is 5.56 Å². The maximum atomic E-state index is 12.8. The Balaban J connectivity index is 1.13. The molecular weight excluding hydrogens is 559 g/mol.